The van der Waals surface area contributed by atoms with Gasteiger partial charge in [0.2, 0.25) is 21.7 Å². The Morgan fingerprint density at radius 3 is 2.40 bits per heavy atom. The number of rotatable bonds is 8. The van der Waals surface area contributed by atoms with Crippen LogP contribution in [0.2, 0.25) is 0 Å². The summed E-state index contributed by atoms with van der Waals surface area (Å²) in [5.41, 5.74) is -0.273. The smallest absolute Gasteiger partial charge is 0.317 e. The number of para-hydroxylation sites is 1. The van der Waals surface area contributed by atoms with Gasteiger partial charge in [-0.3, -0.25) is 14.2 Å². The molecule has 2 aromatic carbocycles. The lowest BCUT2D eigenvalue weighted by Crippen LogP contribution is -2.41. The van der Waals surface area contributed by atoms with Crippen LogP contribution < -0.4 is 15.9 Å². The second-order valence-electron chi connectivity index (χ2n) is 7.82. The number of hydrogen-bond donors (Lipinski definition) is 0. The minimum Gasteiger partial charge on any atom is -0.493 e. The molecule has 0 atom stereocenters. The van der Waals surface area contributed by atoms with E-state index in [2.05, 4.69) is 10.1 Å². The molecule has 0 amide bonds. The van der Waals surface area contributed by atoms with Crippen LogP contribution in [0.1, 0.15) is 19.7 Å². The maximum atomic E-state index is 13.0. The number of aryl methyl sites for hydroxylation is 1. The third kappa shape index (κ3) is 4.37. The van der Waals surface area contributed by atoms with Crippen LogP contribution >= 0.6 is 0 Å². The number of aromatic nitrogens is 4. The average Bonchev–Trinajstić information content (AvgIpc) is 3.31. The molecule has 0 aliphatic heterocycles. The van der Waals surface area contributed by atoms with Crippen molar-refractivity contribution in [2.75, 3.05) is 20.7 Å². The van der Waals surface area contributed by atoms with Gasteiger partial charge < -0.3 is 13.8 Å². The summed E-state index contributed by atoms with van der Waals surface area (Å²) in [6.45, 7) is 4.07. The highest BCUT2D eigenvalue weighted by Crippen LogP contribution is 2.28. The Labute approximate surface area is 201 Å². The number of ether oxygens (including phenoxy) is 1. The van der Waals surface area contributed by atoms with Crippen LogP contribution in [-0.2, 0) is 23.1 Å². The summed E-state index contributed by atoms with van der Waals surface area (Å²) in [6, 6.07) is 11.5. The second-order valence-corrected chi connectivity index (χ2v) is 9.97. The molecule has 0 unspecified atom stereocenters. The number of sulfonamides is 1. The van der Waals surface area contributed by atoms with Crippen molar-refractivity contribution in [2.45, 2.75) is 31.8 Å². The van der Waals surface area contributed by atoms with E-state index in [4.69, 9.17) is 9.26 Å². The minimum atomic E-state index is -3.78. The normalized spacial score (nSPS) is 11.9. The topological polar surface area (TPSA) is 130 Å². The summed E-state index contributed by atoms with van der Waals surface area (Å²) < 4.78 is 40.0. The summed E-state index contributed by atoms with van der Waals surface area (Å²) in [4.78, 5) is 30.2. The van der Waals surface area contributed by atoms with Crippen molar-refractivity contribution in [2.24, 2.45) is 0 Å². The Morgan fingerprint density at radius 1 is 1.00 bits per heavy atom. The zero-order valence-corrected chi connectivity index (χ0v) is 20.6. The highest BCUT2D eigenvalue weighted by atomic mass is 32.2. The minimum absolute atomic E-state index is 0.0127. The Kier molecular flexibility index (Phi) is 6.59. The van der Waals surface area contributed by atoms with Crippen LogP contribution in [0.5, 0.6) is 5.75 Å². The van der Waals surface area contributed by atoms with Crippen molar-refractivity contribution in [1.82, 2.24) is 23.6 Å². The third-order valence-corrected chi connectivity index (χ3v) is 7.30. The van der Waals surface area contributed by atoms with E-state index in [0.29, 0.717) is 23.4 Å². The molecular weight excluding hydrogens is 474 g/mol. The zero-order valence-electron chi connectivity index (χ0n) is 19.8. The molecule has 0 spiro atoms. The molecule has 0 N–H and O–H groups in total. The maximum absolute atomic E-state index is 13.0. The van der Waals surface area contributed by atoms with E-state index in [1.54, 1.807) is 19.1 Å². The van der Waals surface area contributed by atoms with Gasteiger partial charge in [0.05, 0.1) is 28.1 Å². The van der Waals surface area contributed by atoms with Gasteiger partial charge in [-0.25, -0.2) is 12.7 Å². The van der Waals surface area contributed by atoms with E-state index in [-0.39, 0.29) is 35.2 Å². The van der Waals surface area contributed by atoms with Crippen LogP contribution in [0.3, 0.4) is 0 Å². The second kappa shape index (κ2) is 9.47. The highest BCUT2D eigenvalue weighted by Gasteiger charge is 2.22. The van der Waals surface area contributed by atoms with Crippen molar-refractivity contribution >= 4 is 21.1 Å². The van der Waals surface area contributed by atoms with Crippen molar-refractivity contribution in [3.05, 3.63) is 69.1 Å². The van der Waals surface area contributed by atoms with Crippen LogP contribution in [0.15, 0.2) is 61.5 Å². The first-order chi connectivity index (χ1) is 16.7. The fourth-order valence-corrected chi connectivity index (χ4v) is 4.66. The summed E-state index contributed by atoms with van der Waals surface area (Å²) in [6.07, 6.45) is 0. The van der Waals surface area contributed by atoms with Gasteiger partial charge in [-0.05, 0) is 44.2 Å². The number of nitrogens with zero attached hydrogens (tertiary/aromatic N) is 5. The number of hydrogen-bond acceptors (Lipinski definition) is 8. The van der Waals surface area contributed by atoms with Crippen molar-refractivity contribution in [3.63, 3.8) is 0 Å². The van der Waals surface area contributed by atoms with E-state index in [1.165, 1.54) is 36.9 Å². The lowest BCUT2D eigenvalue weighted by molar-refractivity contribution is 0.340. The first kappa shape index (κ1) is 24.4. The van der Waals surface area contributed by atoms with E-state index in [1.807, 2.05) is 19.1 Å². The first-order valence-corrected chi connectivity index (χ1v) is 12.4. The summed E-state index contributed by atoms with van der Waals surface area (Å²) in [5.74, 6) is 0.914. The monoisotopic (exact) mass is 499 g/mol. The largest absolute Gasteiger partial charge is 0.493 e. The Bertz CT molecular complexity index is 1620. The van der Waals surface area contributed by atoms with Gasteiger partial charge in [0.15, 0.2) is 0 Å². The fraction of sp³-hybridized carbons (Fsp3) is 0.304. The molecule has 0 fully saturated rings. The average molecular weight is 500 g/mol. The summed E-state index contributed by atoms with van der Waals surface area (Å²) >= 11 is 0. The SMILES string of the molecule is CCOc1ccccc1-c1noc(Cn2c(=O)c(=O)n(CC)c3ccc(S(=O)(=O)N(C)C)cc32)n1. The van der Waals surface area contributed by atoms with Gasteiger partial charge in [0.1, 0.15) is 12.3 Å². The van der Waals surface area contributed by atoms with Crippen LogP contribution in [0.25, 0.3) is 22.4 Å². The molecule has 184 valence electrons. The molecule has 0 aliphatic carbocycles. The molecule has 0 saturated carbocycles. The molecule has 0 saturated heterocycles. The van der Waals surface area contributed by atoms with Gasteiger partial charge in [0.25, 0.3) is 0 Å². The summed E-state index contributed by atoms with van der Waals surface area (Å²) in [5, 5.41) is 4.00. The van der Waals surface area contributed by atoms with Gasteiger partial charge in [-0.1, -0.05) is 17.3 Å². The first-order valence-electron chi connectivity index (χ1n) is 10.9. The van der Waals surface area contributed by atoms with E-state index < -0.39 is 21.1 Å². The predicted octanol–water partition coefficient (Wildman–Crippen LogP) is 1.93. The van der Waals surface area contributed by atoms with Crippen LogP contribution in [0.4, 0.5) is 0 Å². The molecule has 0 aliphatic rings. The fourth-order valence-electron chi connectivity index (χ4n) is 3.74. The number of fused-ring (bicyclic) bond motifs is 1. The summed E-state index contributed by atoms with van der Waals surface area (Å²) in [7, 11) is -0.945. The maximum Gasteiger partial charge on any atom is 0.317 e. The molecule has 4 rings (SSSR count). The molecule has 2 aromatic heterocycles. The molecule has 12 heteroatoms. The molecule has 0 bridgehead atoms. The molecule has 11 nitrogen and oxygen atoms in total. The predicted molar refractivity (Wildman–Crippen MR) is 129 cm³/mol. The van der Waals surface area contributed by atoms with Gasteiger partial charge in [-0.15, -0.1) is 0 Å². The van der Waals surface area contributed by atoms with Gasteiger partial charge >= 0.3 is 11.1 Å². The van der Waals surface area contributed by atoms with Crippen molar-refractivity contribution in [1.29, 1.82) is 0 Å². The van der Waals surface area contributed by atoms with Crippen LogP contribution in [-0.4, -0.2) is 52.7 Å². The molecule has 35 heavy (non-hydrogen) atoms. The number of benzene rings is 2. The Morgan fingerprint density at radius 2 is 1.71 bits per heavy atom. The third-order valence-electron chi connectivity index (χ3n) is 5.49. The quantitative estimate of drug-likeness (QED) is 0.336. The standard InChI is InChI=1S/C23H25N5O6S/c1-5-27-17-12-11-15(35(31,32)26(3)4)13-18(17)28(23(30)22(27)29)14-20-24-21(25-34-20)16-9-7-8-10-19(16)33-6-2/h7-13H,5-6,14H2,1-4H3. The van der Waals surface area contributed by atoms with Gasteiger partial charge in [-0.2, -0.15) is 4.98 Å². The van der Waals surface area contributed by atoms with Crippen molar-refractivity contribution in [3.8, 4) is 17.1 Å². The molecule has 0 radical (unpaired) electrons. The molecule has 2 heterocycles. The highest BCUT2D eigenvalue weighted by molar-refractivity contribution is 7.89. The van der Waals surface area contributed by atoms with E-state index in [0.717, 1.165) is 8.87 Å². The van der Waals surface area contributed by atoms with Crippen LogP contribution in [0, 0.1) is 0 Å². The lowest BCUT2D eigenvalue weighted by atomic mass is 10.2. The zero-order chi connectivity index (χ0) is 25.3. The molecular formula is C23H25N5O6S. The molecule has 4 aromatic rings. The Hall–Kier alpha value is -3.77. The Balaban J connectivity index is 1.87. The van der Waals surface area contributed by atoms with Crippen molar-refractivity contribution < 1.29 is 17.7 Å². The van der Waals surface area contributed by atoms with E-state index in [9.17, 15) is 18.0 Å². The van der Waals surface area contributed by atoms with E-state index >= 15 is 0 Å². The van der Waals surface area contributed by atoms with Gasteiger partial charge in [0, 0.05) is 20.6 Å². The lowest BCUT2D eigenvalue weighted by Gasteiger charge is -2.16.